The maximum absolute atomic E-state index is 11.2. The normalized spacial score (nSPS) is 11.1. The molecule has 16 heavy (non-hydrogen) atoms. The molecule has 0 bridgehead atoms. The summed E-state index contributed by atoms with van der Waals surface area (Å²) in [5, 5.41) is 9.74. The molecular weight excluding hydrogens is 234 g/mol. The minimum atomic E-state index is -3.37. The average molecular weight is 247 g/mol. The number of hydrogen-bond acceptors (Lipinski definition) is 5. The Bertz CT molecular complexity index is 466. The van der Waals surface area contributed by atoms with E-state index in [9.17, 15) is 13.2 Å². The van der Waals surface area contributed by atoms with Crippen LogP contribution in [0.5, 0.6) is 0 Å². The summed E-state index contributed by atoms with van der Waals surface area (Å²) in [7, 11) is -3.37. The van der Waals surface area contributed by atoms with Gasteiger partial charge < -0.3 is 5.32 Å². The number of nitrogens with one attached hydrogen (secondary N) is 2. The Balaban J connectivity index is 2.62. The molecule has 90 valence electrons. The van der Waals surface area contributed by atoms with E-state index in [2.05, 4.69) is 20.4 Å². The molecule has 0 aliphatic rings. The molecule has 0 aliphatic heterocycles. The number of hydrogen-bond donors (Lipinski definition) is 2. The van der Waals surface area contributed by atoms with Gasteiger partial charge in [-0.05, 0) is 6.92 Å². The summed E-state index contributed by atoms with van der Waals surface area (Å²) in [5.74, 6) is -0.120. The summed E-state index contributed by atoms with van der Waals surface area (Å²) in [5.41, 5.74) is 0. The number of carbonyl (C=O) groups excluding carboxylic acids is 1. The van der Waals surface area contributed by atoms with Crippen LogP contribution < -0.4 is 10.0 Å². The molecule has 8 nitrogen and oxygen atoms in total. The Labute approximate surface area is 93.1 Å². The fraction of sp³-hybridized carbons (Fsp3) is 0.571. The van der Waals surface area contributed by atoms with E-state index < -0.39 is 10.0 Å². The molecule has 1 amide bonds. The van der Waals surface area contributed by atoms with Crippen molar-refractivity contribution in [3.05, 3.63) is 6.20 Å². The van der Waals surface area contributed by atoms with Crippen LogP contribution in [0.3, 0.4) is 0 Å². The van der Waals surface area contributed by atoms with Crippen molar-refractivity contribution in [2.45, 2.75) is 13.5 Å². The molecule has 1 aromatic rings. The van der Waals surface area contributed by atoms with Crippen LogP contribution in [-0.2, 0) is 21.4 Å². The maximum Gasteiger partial charge on any atom is 0.241 e. The Kier molecular flexibility index (Phi) is 3.82. The first-order valence-electron chi connectivity index (χ1n) is 4.55. The zero-order valence-electron chi connectivity index (χ0n) is 8.97. The number of anilines is 1. The van der Waals surface area contributed by atoms with Crippen molar-refractivity contribution >= 4 is 21.7 Å². The lowest BCUT2D eigenvalue weighted by atomic mass is 10.5. The molecule has 0 saturated heterocycles. The van der Waals surface area contributed by atoms with Gasteiger partial charge in [0, 0.05) is 6.54 Å². The molecule has 0 aliphatic carbocycles. The second-order valence-electron chi connectivity index (χ2n) is 3.13. The quantitative estimate of drug-likeness (QED) is 0.678. The van der Waals surface area contributed by atoms with Gasteiger partial charge in [0.2, 0.25) is 15.9 Å². The van der Waals surface area contributed by atoms with Crippen LogP contribution in [-0.4, -0.2) is 42.1 Å². The second-order valence-corrected chi connectivity index (χ2v) is 4.88. The highest BCUT2D eigenvalue weighted by Crippen LogP contribution is 2.01. The van der Waals surface area contributed by atoms with E-state index in [0.29, 0.717) is 6.54 Å². The molecule has 2 N–H and O–H groups in total. The lowest BCUT2D eigenvalue weighted by Gasteiger charge is -2.00. The minimum Gasteiger partial charge on any atom is -0.355 e. The van der Waals surface area contributed by atoms with E-state index in [1.807, 2.05) is 0 Å². The van der Waals surface area contributed by atoms with Gasteiger partial charge in [0.25, 0.3) is 0 Å². The standard InChI is InChI=1S/C7H13N5O3S/c1-3-8-7(13)5-12-4-6(9-11-12)10-16(2,14)15/h4,10H,3,5H2,1-2H3,(H,8,13). The largest absolute Gasteiger partial charge is 0.355 e. The summed E-state index contributed by atoms with van der Waals surface area (Å²) in [6.45, 7) is 2.34. The van der Waals surface area contributed by atoms with Crippen LogP contribution in [0.25, 0.3) is 0 Å². The van der Waals surface area contributed by atoms with E-state index in [-0.39, 0.29) is 18.3 Å². The summed E-state index contributed by atoms with van der Waals surface area (Å²) in [4.78, 5) is 11.2. The number of carbonyl (C=O) groups is 1. The summed E-state index contributed by atoms with van der Waals surface area (Å²) < 4.78 is 25.1. The van der Waals surface area contributed by atoms with Gasteiger partial charge >= 0.3 is 0 Å². The van der Waals surface area contributed by atoms with E-state index in [1.165, 1.54) is 10.9 Å². The second kappa shape index (κ2) is 4.92. The van der Waals surface area contributed by atoms with E-state index in [1.54, 1.807) is 6.92 Å². The number of likely N-dealkylation sites (N-methyl/N-ethyl adjacent to an activating group) is 1. The topological polar surface area (TPSA) is 106 Å². The molecule has 0 radical (unpaired) electrons. The monoisotopic (exact) mass is 247 g/mol. The third-order valence-corrected chi connectivity index (χ3v) is 2.09. The van der Waals surface area contributed by atoms with Crippen molar-refractivity contribution in [1.82, 2.24) is 20.3 Å². The zero-order chi connectivity index (χ0) is 12.2. The summed E-state index contributed by atoms with van der Waals surface area (Å²) in [6.07, 6.45) is 2.35. The van der Waals surface area contributed by atoms with E-state index in [0.717, 1.165) is 6.26 Å². The Morgan fingerprint density at radius 3 is 2.81 bits per heavy atom. The predicted octanol–water partition coefficient (Wildman–Crippen LogP) is -1.21. The van der Waals surface area contributed by atoms with Crippen LogP contribution in [0.15, 0.2) is 6.20 Å². The highest BCUT2D eigenvalue weighted by molar-refractivity contribution is 7.92. The number of amides is 1. The summed E-state index contributed by atoms with van der Waals surface area (Å²) >= 11 is 0. The van der Waals surface area contributed by atoms with Gasteiger partial charge in [-0.3, -0.25) is 9.52 Å². The number of nitrogens with zero attached hydrogens (tertiary/aromatic N) is 3. The first-order chi connectivity index (χ1) is 7.40. The summed E-state index contributed by atoms with van der Waals surface area (Å²) in [6, 6.07) is 0. The van der Waals surface area contributed by atoms with Crippen LogP contribution in [0.2, 0.25) is 0 Å². The predicted molar refractivity (Wildman–Crippen MR) is 57.2 cm³/mol. The van der Waals surface area contributed by atoms with Gasteiger partial charge in [-0.1, -0.05) is 5.21 Å². The molecule has 0 atom stereocenters. The number of aromatic nitrogens is 3. The minimum absolute atomic E-state index is 0.00623. The third kappa shape index (κ3) is 4.26. The van der Waals surface area contributed by atoms with Crippen molar-refractivity contribution in [3.63, 3.8) is 0 Å². The molecule has 1 rings (SSSR count). The van der Waals surface area contributed by atoms with Gasteiger partial charge in [-0.25, -0.2) is 13.1 Å². The van der Waals surface area contributed by atoms with Crippen LogP contribution in [0.4, 0.5) is 5.82 Å². The molecule has 0 fully saturated rings. The Morgan fingerprint density at radius 1 is 1.56 bits per heavy atom. The van der Waals surface area contributed by atoms with Gasteiger partial charge in [0.05, 0.1) is 12.5 Å². The van der Waals surface area contributed by atoms with Gasteiger partial charge in [-0.2, -0.15) is 0 Å². The van der Waals surface area contributed by atoms with E-state index in [4.69, 9.17) is 0 Å². The first-order valence-corrected chi connectivity index (χ1v) is 6.44. The molecule has 1 aromatic heterocycles. The third-order valence-electron chi connectivity index (χ3n) is 1.51. The van der Waals surface area contributed by atoms with Crippen molar-refractivity contribution in [3.8, 4) is 0 Å². The molecule has 0 spiro atoms. The fourth-order valence-electron chi connectivity index (χ4n) is 1.01. The van der Waals surface area contributed by atoms with E-state index >= 15 is 0 Å². The van der Waals surface area contributed by atoms with Crippen molar-refractivity contribution in [2.75, 3.05) is 17.5 Å². The zero-order valence-corrected chi connectivity index (χ0v) is 9.78. The fourth-order valence-corrected chi connectivity index (χ4v) is 1.49. The number of sulfonamides is 1. The highest BCUT2D eigenvalue weighted by Gasteiger charge is 2.08. The highest BCUT2D eigenvalue weighted by atomic mass is 32.2. The molecule has 0 unspecified atom stereocenters. The molecular formula is C7H13N5O3S. The molecule has 9 heteroatoms. The lowest BCUT2D eigenvalue weighted by Crippen LogP contribution is -2.27. The molecule has 1 heterocycles. The Morgan fingerprint density at radius 2 is 2.25 bits per heavy atom. The van der Waals surface area contributed by atoms with Gasteiger partial charge in [0.1, 0.15) is 6.54 Å². The van der Waals surface area contributed by atoms with Crippen molar-refractivity contribution in [1.29, 1.82) is 0 Å². The van der Waals surface area contributed by atoms with Crippen LogP contribution >= 0.6 is 0 Å². The Hall–Kier alpha value is -1.64. The van der Waals surface area contributed by atoms with Gasteiger partial charge in [-0.15, -0.1) is 5.10 Å². The SMILES string of the molecule is CCNC(=O)Cn1cc(NS(C)(=O)=O)nn1. The van der Waals surface area contributed by atoms with Crippen molar-refractivity contribution < 1.29 is 13.2 Å². The average Bonchev–Trinajstić information content (AvgIpc) is 2.49. The van der Waals surface area contributed by atoms with Crippen LogP contribution in [0.1, 0.15) is 6.92 Å². The molecule has 0 aromatic carbocycles. The van der Waals surface area contributed by atoms with Crippen molar-refractivity contribution in [2.24, 2.45) is 0 Å². The first kappa shape index (κ1) is 12.4. The number of rotatable bonds is 5. The smallest absolute Gasteiger partial charge is 0.241 e. The van der Waals surface area contributed by atoms with Crippen LogP contribution in [0, 0.1) is 0 Å². The maximum atomic E-state index is 11.2. The van der Waals surface area contributed by atoms with Gasteiger partial charge in [0.15, 0.2) is 5.82 Å². The lowest BCUT2D eigenvalue weighted by molar-refractivity contribution is -0.121. The molecule has 0 saturated carbocycles.